The third kappa shape index (κ3) is 3.72. The molecule has 2 amide bonds. The fraction of sp³-hybridized carbons (Fsp3) is 0.333. The average molecular weight is 389 g/mol. The third-order valence-corrected chi connectivity index (χ3v) is 5.64. The lowest BCUT2D eigenvalue weighted by Crippen LogP contribution is -2.53. The summed E-state index contributed by atoms with van der Waals surface area (Å²) in [6.07, 6.45) is 4.34. The van der Waals surface area contributed by atoms with Gasteiger partial charge in [-0.2, -0.15) is 5.26 Å². The Labute approximate surface area is 169 Å². The van der Waals surface area contributed by atoms with Crippen molar-refractivity contribution in [2.45, 2.75) is 19.4 Å². The smallest absolute Gasteiger partial charge is 0.321 e. The average Bonchev–Trinajstić information content (AvgIpc) is 3.23. The number of benzene rings is 1. The van der Waals surface area contributed by atoms with Crippen molar-refractivity contribution in [3.63, 3.8) is 0 Å². The number of carbonyl (C=O) groups excluding carboxylic acids is 1. The number of amides is 2. The first-order valence-corrected chi connectivity index (χ1v) is 9.64. The first-order valence-electron chi connectivity index (χ1n) is 9.64. The molecule has 1 saturated heterocycles. The molecule has 0 bridgehead atoms. The molecule has 1 aliphatic heterocycles. The van der Waals surface area contributed by atoms with E-state index in [9.17, 15) is 4.79 Å². The zero-order chi connectivity index (χ0) is 20.4. The first kappa shape index (κ1) is 18.7. The van der Waals surface area contributed by atoms with Crippen molar-refractivity contribution >= 4 is 28.6 Å². The summed E-state index contributed by atoms with van der Waals surface area (Å²) in [6.45, 7) is 3.53. The zero-order valence-corrected chi connectivity index (χ0v) is 16.5. The van der Waals surface area contributed by atoms with E-state index in [2.05, 4.69) is 38.2 Å². The number of likely N-dealkylation sites (N-methyl/N-ethyl adjacent to an activating group) is 1. The number of piperidine rings is 1. The molecule has 3 heterocycles. The normalized spacial score (nSPS) is 19.0. The molecule has 1 aromatic carbocycles. The van der Waals surface area contributed by atoms with Gasteiger partial charge in [0.15, 0.2) is 0 Å². The number of rotatable bonds is 3. The van der Waals surface area contributed by atoms with Crippen LogP contribution in [0.3, 0.4) is 0 Å². The molecule has 0 radical (unpaired) electrons. The van der Waals surface area contributed by atoms with Crippen LogP contribution in [0.15, 0.2) is 42.9 Å². The van der Waals surface area contributed by atoms with Gasteiger partial charge in [-0.3, -0.25) is 0 Å². The highest BCUT2D eigenvalue weighted by molar-refractivity contribution is 5.90. The number of anilines is 2. The number of hydrogen-bond donors (Lipinski definition) is 2. The second-order valence-electron chi connectivity index (χ2n) is 7.45. The molecule has 8 nitrogen and oxygen atoms in total. The Balaban J connectivity index is 1.49. The molecule has 0 aliphatic carbocycles. The van der Waals surface area contributed by atoms with Crippen LogP contribution < -0.4 is 10.2 Å². The minimum atomic E-state index is -0.130. The van der Waals surface area contributed by atoms with E-state index in [1.54, 1.807) is 30.6 Å². The van der Waals surface area contributed by atoms with Gasteiger partial charge in [0.2, 0.25) is 0 Å². The predicted octanol–water partition coefficient (Wildman–Crippen LogP) is 3.21. The summed E-state index contributed by atoms with van der Waals surface area (Å²) in [5.74, 6) is 1.28. The Kier molecular flexibility index (Phi) is 5.04. The van der Waals surface area contributed by atoms with E-state index in [0.29, 0.717) is 30.3 Å². The lowest BCUT2D eigenvalue weighted by Gasteiger charge is -2.42. The van der Waals surface area contributed by atoms with Gasteiger partial charge in [-0.05, 0) is 42.7 Å². The number of nitriles is 1. The van der Waals surface area contributed by atoms with E-state index in [1.807, 2.05) is 24.2 Å². The molecule has 2 atom stereocenters. The molecule has 0 saturated carbocycles. The highest BCUT2D eigenvalue weighted by atomic mass is 16.2. The summed E-state index contributed by atoms with van der Waals surface area (Å²) in [5.41, 5.74) is 2.06. The maximum atomic E-state index is 12.8. The van der Waals surface area contributed by atoms with Crippen LogP contribution in [-0.2, 0) is 0 Å². The van der Waals surface area contributed by atoms with Gasteiger partial charge < -0.3 is 20.1 Å². The maximum absolute atomic E-state index is 12.8. The molecule has 2 unspecified atom stereocenters. The van der Waals surface area contributed by atoms with E-state index in [4.69, 9.17) is 5.26 Å². The molecule has 2 N–H and O–H groups in total. The molecule has 148 valence electrons. The number of nitrogens with zero attached hydrogens (tertiary/aromatic N) is 5. The van der Waals surface area contributed by atoms with Crippen LogP contribution in [0.4, 0.5) is 16.3 Å². The molecule has 3 aromatic rings. The molecular formula is C21H23N7O. The third-order valence-electron chi connectivity index (χ3n) is 5.64. The summed E-state index contributed by atoms with van der Waals surface area (Å²) in [4.78, 5) is 28.7. The lowest BCUT2D eigenvalue weighted by molar-refractivity contribution is 0.172. The summed E-state index contributed by atoms with van der Waals surface area (Å²) < 4.78 is 0. The highest BCUT2D eigenvalue weighted by Gasteiger charge is 2.32. The largest absolute Gasteiger partial charge is 0.354 e. The van der Waals surface area contributed by atoms with Crippen LogP contribution in [-0.4, -0.2) is 52.1 Å². The van der Waals surface area contributed by atoms with Gasteiger partial charge >= 0.3 is 6.03 Å². The number of nitrogens with one attached hydrogen (secondary N) is 2. The minimum absolute atomic E-state index is 0.130. The number of likely N-dealkylation sites (tertiary alicyclic amines) is 1. The standard InChI is InChI=1S/C21H23N7O/c1-14-8-10-28(21(29)26-16-5-3-15(11-22)4-6-16)12-18(14)27(2)20-17-7-9-23-19(17)24-13-25-20/h3-7,9,13-14,18H,8,10,12H2,1-2H3,(H,26,29)(H,23,24,25). The number of aromatic nitrogens is 3. The fourth-order valence-electron chi connectivity index (χ4n) is 3.87. The van der Waals surface area contributed by atoms with Gasteiger partial charge in [0, 0.05) is 32.0 Å². The molecule has 0 spiro atoms. The van der Waals surface area contributed by atoms with Crippen molar-refractivity contribution in [3.8, 4) is 6.07 Å². The Morgan fingerprint density at radius 3 is 2.86 bits per heavy atom. The van der Waals surface area contributed by atoms with Crippen LogP contribution in [0.2, 0.25) is 0 Å². The van der Waals surface area contributed by atoms with Crippen molar-refractivity contribution in [3.05, 3.63) is 48.4 Å². The summed E-state index contributed by atoms with van der Waals surface area (Å²) >= 11 is 0. The number of urea groups is 1. The number of fused-ring (bicyclic) bond motifs is 1. The van der Waals surface area contributed by atoms with Gasteiger partial charge in [0.1, 0.15) is 17.8 Å². The predicted molar refractivity (Wildman–Crippen MR) is 112 cm³/mol. The number of aromatic amines is 1. The monoisotopic (exact) mass is 389 g/mol. The van der Waals surface area contributed by atoms with Crippen LogP contribution in [0.1, 0.15) is 18.9 Å². The van der Waals surface area contributed by atoms with E-state index in [-0.39, 0.29) is 12.1 Å². The van der Waals surface area contributed by atoms with Crippen LogP contribution in [0.25, 0.3) is 11.0 Å². The van der Waals surface area contributed by atoms with Gasteiger partial charge in [-0.15, -0.1) is 0 Å². The van der Waals surface area contributed by atoms with E-state index < -0.39 is 0 Å². The lowest BCUT2D eigenvalue weighted by atomic mass is 9.92. The number of hydrogen-bond acceptors (Lipinski definition) is 5. The van der Waals surface area contributed by atoms with Gasteiger partial charge in [-0.1, -0.05) is 6.92 Å². The highest BCUT2D eigenvalue weighted by Crippen LogP contribution is 2.28. The molecular weight excluding hydrogens is 366 g/mol. The molecule has 1 aliphatic rings. The summed E-state index contributed by atoms with van der Waals surface area (Å²) in [7, 11) is 2.03. The van der Waals surface area contributed by atoms with Gasteiger partial charge in [0.25, 0.3) is 0 Å². The van der Waals surface area contributed by atoms with Crippen LogP contribution in [0, 0.1) is 17.2 Å². The Hall–Kier alpha value is -3.60. The zero-order valence-electron chi connectivity index (χ0n) is 16.5. The topological polar surface area (TPSA) is 101 Å². The van der Waals surface area contributed by atoms with Crippen LogP contribution in [0.5, 0.6) is 0 Å². The van der Waals surface area contributed by atoms with E-state index in [0.717, 1.165) is 23.3 Å². The number of H-pyrrole nitrogens is 1. The fourth-order valence-corrected chi connectivity index (χ4v) is 3.87. The van der Waals surface area contributed by atoms with Gasteiger partial charge in [0.05, 0.1) is 23.1 Å². The number of carbonyl (C=O) groups is 1. The molecule has 29 heavy (non-hydrogen) atoms. The van der Waals surface area contributed by atoms with Crippen LogP contribution >= 0.6 is 0 Å². The Bertz CT molecular complexity index is 1050. The van der Waals surface area contributed by atoms with Crippen molar-refractivity contribution < 1.29 is 4.79 Å². The molecule has 4 rings (SSSR count). The van der Waals surface area contributed by atoms with Crippen molar-refractivity contribution in [2.75, 3.05) is 30.4 Å². The minimum Gasteiger partial charge on any atom is -0.354 e. The Morgan fingerprint density at radius 2 is 2.10 bits per heavy atom. The van der Waals surface area contributed by atoms with E-state index in [1.165, 1.54) is 0 Å². The quantitative estimate of drug-likeness (QED) is 0.716. The Morgan fingerprint density at radius 1 is 1.31 bits per heavy atom. The second-order valence-corrected chi connectivity index (χ2v) is 7.45. The van der Waals surface area contributed by atoms with E-state index >= 15 is 0 Å². The molecule has 8 heteroatoms. The molecule has 2 aromatic heterocycles. The summed E-state index contributed by atoms with van der Waals surface area (Å²) in [5, 5.41) is 12.8. The second kappa shape index (κ2) is 7.80. The maximum Gasteiger partial charge on any atom is 0.321 e. The SMILES string of the molecule is CC1CCN(C(=O)Nc2ccc(C#N)cc2)CC1N(C)c1ncnc2[nH]ccc12. The van der Waals surface area contributed by atoms with Crippen molar-refractivity contribution in [2.24, 2.45) is 5.92 Å². The van der Waals surface area contributed by atoms with Crippen molar-refractivity contribution in [1.29, 1.82) is 5.26 Å². The van der Waals surface area contributed by atoms with Gasteiger partial charge in [-0.25, -0.2) is 14.8 Å². The van der Waals surface area contributed by atoms with Crippen molar-refractivity contribution in [1.82, 2.24) is 19.9 Å². The molecule has 1 fully saturated rings. The first-order chi connectivity index (χ1) is 14.1. The summed E-state index contributed by atoms with van der Waals surface area (Å²) in [6, 6.07) is 11.0.